The molecule has 4 aliphatic carbocycles. The minimum atomic E-state index is -0.739. The van der Waals surface area contributed by atoms with Crippen LogP contribution in [-0.2, 0) is 23.7 Å². The van der Waals surface area contributed by atoms with E-state index in [9.17, 15) is 19.8 Å². The molecule has 0 amide bonds. The van der Waals surface area contributed by atoms with E-state index in [1.54, 1.807) is 48.5 Å². The van der Waals surface area contributed by atoms with E-state index in [-0.39, 0.29) is 22.7 Å². The van der Waals surface area contributed by atoms with Crippen molar-refractivity contribution in [2.75, 3.05) is 27.2 Å². The normalized spacial score (nSPS) is 33.6. The Bertz CT molecular complexity index is 2340. The minimum absolute atomic E-state index is 0.217. The number of ether oxygens (including phenoxy) is 5. The Morgan fingerprint density at radius 2 is 1.03 bits per heavy atom. The van der Waals surface area contributed by atoms with Gasteiger partial charge in [-0.15, -0.1) is 0 Å². The summed E-state index contributed by atoms with van der Waals surface area (Å²) < 4.78 is 31.1. The lowest BCUT2D eigenvalue weighted by Gasteiger charge is -2.56. The lowest BCUT2D eigenvalue weighted by Crippen LogP contribution is -2.64. The highest BCUT2D eigenvalue weighted by Crippen LogP contribution is 2.64. The van der Waals surface area contributed by atoms with E-state index in [1.807, 2.05) is 36.4 Å². The summed E-state index contributed by atoms with van der Waals surface area (Å²) in [6, 6.07) is 21.8. The van der Waals surface area contributed by atoms with Gasteiger partial charge in [-0.05, 0) is 125 Å². The van der Waals surface area contributed by atoms with E-state index in [4.69, 9.17) is 23.7 Å². The van der Waals surface area contributed by atoms with E-state index in [0.29, 0.717) is 57.7 Å². The Balaban J connectivity index is 0.731. The third-order valence-electron chi connectivity index (χ3n) is 15.1. The number of piperidine rings is 2. The fourth-order valence-electron chi connectivity index (χ4n) is 12.4. The number of aliphatic hydroxyl groups excluding tert-OH is 2. The Labute approximate surface area is 341 Å². The van der Waals surface area contributed by atoms with E-state index in [2.05, 4.69) is 36.0 Å². The smallest absolute Gasteiger partial charge is 0.343 e. The molecule has 59 heavy (non-hydrogen) atoms. The summed E-state index contributed by atoms with van der Waals surface area (Å²) in [4.78, 5) is 31.8. The number of carbonyl (C=O) groups excluding carboxylic acids is 2. The summed E-state index contributed by atoms with van der Waals surface area (Å²) in [7, 11) is 4.34. The molecular weight excluding hydrogens is 749 g/mol. The number of benzene rings is 4. The molecule has 4 heterocycles. The second-order valence-corrected chi connectivity index (χ2v) is 17.7. The van der Waals surface area contributed by atoms with Gasteiger partial charge in [0.1, 0.15) is 35.9 Å². The summed E-state index contributed by atoms with van der Waals surface area (Å²) >= 11 is 0. The minimum Gasteiger partial charge on any atom is -0.482 e. The maximum atomic E-state index is 13.5. The molecule has 10 atom stereocenters. The highest BCUT2D eigenvalue weighted by atomic mass is 16.6. The van der Waals surface area contributed by atoms with E-state index >= 15 is 0 Å². The molecule has 300 valence electrons. The van der Waals surface area contributed by atoms with Gasteiger partial charge in [-0.3, -0.25) is 0 Å². The number of aliphatic hydroxyl groups is 2. The number of hydrogen-bond donors (Lipinski definition) is 2. The maximum absolute atomic E-state index is 13.5. The third kappa shape index (κ3) is 4.84. The second kappa shape index (κ2) is 12.5. The van der Waals surface area contributed by atoms with Gasteiger partial charge in [0, 0.05) is 45.9 Å². The van der Waals surface area contributed by atoms with Crippen molar-refractivity contribution in [2.45, 2.75) is 73.0 Å². The maximum Gasteiger partial charge on any atom is 0.343 e. The van der Waals surface area contributed by atoms with Crippen molar-refractivity contribution in [1.82, 2.24) is 9.80 Å². The van der Waals surface area contributed by atoms with Crippen LogP contribution in [0.5, 0.6) is 34.5 Å². The van der Waals surface area contributed by atoms with Gasteiger partial charge in [0.25, 0.3) is 0 Å². The third-order valence-corrected chi connectivity index (χ3v) is 15.1. The molecule has 11 nitrogen and oxygen atoms in total. The molecule has 2 N–H and O–H groups in total. The predicted octanol–water partition coefficient (Wildman–Crippen LogP) is 5.53. The lowest BCUT2D eigenvalue weighted by molar-refractivity contribution is -0.0453. The van der Waals surface area contributed by atoms with Gasteiger partial charge in [0.15, 0.2) is 23.0 Å². The molecule has 0 radical (unpaired) electrons. The number of likely N-dealkylation sites (tertiary alicyclic amines) is 2. The first kappa shape index (κ1) is 35.5. The lowest BCUT2D eigenvalue weighted by atomic mass is 9.53. The molecule has 4 aromatic carbocycles. The SMILES string of the molecule is CN1CC[C@]23c4c5ccc(OC(=O)c6ccc(Oc7ccc(C(=O)Oc8ccc9c%10c8O[C@H]8C(O)C=CC%11[C@@H](C9)N(C)CC[C@@]%10%118)cc7)cc6)c4O[C@H]2C(O)C=CC3[C@H]1C5. The Morgan fingerprint density at radius 3 is 1.46 bits per heavy atom. The van der Waals surface area contributed by atoms with E-state index in [0.717, 1.165) is 49.9 Å². The molecule has 11 heteroatoms. The van der Waals surface area contributed by atoms with Crippen LogP contribution in [0.4, 0.5) is 0 Å². The van der Waals surface area contributed by atoms with Crippen molar-refractivity contribution in [3.8, 4) is 34.5 Å². The molecule has 0 aromatic heterocycles. The van der Waals surface area contributed by atoms with Crippen molar-refractivity contribution < 1.29 is 43.5 Å². The van der Waals surface area contributed by atoms with E-state index in [1.165, 1.54) is 11.1 Å². The van der Waals surface area contributed by atoms with Gasteiger partial charge in [0.2, 0.25) is 0 Å². The van der Waals surface area contributed by atoms with Gasteiger partial charge >= 0.3 is 11.9 Å². The highest BCUT2D eigenvalue weighted by molar-refractivity contribution is 5.92. The summed E-state index contributed by atoms with van der Waals surface area (Å²) in [5.74, 6) is 2.25. The van der Waals surface area contributed by atoms with Crippen LogP contribution in [0.25, 0.3) is 0 Å². The largest absolute Gasteiger partial charge is 0.482 e. The van der Waals surface area contributed by atoms with Gasteiger partial charge in [-0.2, -0.15) is 0 Å². The van der Waals surface area contributed by atoms with Gasteiger partial charge < -0.3 is 43.7 Å². The number of hydrogen-bond acceptors (Lipinski definition) is 11. The zero-order chi connectivity index (χ0) is 39.9. The molecule has 4 aromatic rings. The summed E-state index contributed by atoms with van der Waals surface area (Å²) in [6.07, 6.45) is 9.21. The van der Waals surface area contributed by atoms with Crippen LogP contribution in [0.15, 0.2) is 97.1 Å². The Hall–Kier alpha value is -5.46. The molecule has 8 aliphatic rings. The average molecular weight is 793 g/mol. The quantitative estimate of drug-likeness (QED) is 0.146. The van der Waals surface area contributed by atoms with Crippen molar-refractivity contribution >= 4 is 11.9 Å². The summed E-state index contributed by atoms with van der Waals surface area (Å²) in [6.45, 7) is 1.82. The number of carbonyl (C=O) groups is 2. The van der Waals surface area contributed by atoms with Crippen molar-refractivity contribution in [2.24, 2.45) is 11.8 Å². The monoisotopic (exact) mass is 792 g/mol. The van der Waals surface area contributed by atoms with Gasteiger partial charge in [0.05, 0.1) is 11.1 Å². The Morgan fingerprint density at radius 1 is 0.610 bits per heavy atom. The predicted molar refractivity (Wildman–Crippen MR) is 215 cm³/mol. The van der Waals surface area contributed by atoms with Crippen LogP contribution in [-0.4, -0.2) is 95.6 Å². The molecule has 4 bridgehead atoms. The zero-order valence-electron chi connectivity index (χ0n) is 32.7. The molecule has 4 unspecified atom stereocenters. The van der Waals surface area contributed by atoms with E-state index < -0.39 is 36.4 Å². The number of nitrogens with zero attached hydrogens (tertiary/aromatic N) is 2. The van der Waals surface area contributed by atoms with Crippen LogP contribution < -0.4 is 23.7 Å². The number of esters is 2. The molecule has 2 spiro atoms. The standard InChI is InChI=1S/C48H44N2O9/c1-49-21-19-47-31-13-15-35(51)43(47)58-41-37(17-7-27(39(41)47)23-33(31)49)56-45(53)25-3-9-29(10-4-25)55-30-11-5-26(6-12-30)46(54)57-38-18-8-28-24-34-32-14-16-36(52)44-48(32,20-22-50(34)2)40(28)42(38)59-44/h3-18,31-36,43-44,51-52H,19-24H2,1-2H3/t31?,32?,33-,34-,35?,36?,43+,44+,47+,48+/m1/s1. The molecular formula is C48H44N2O9. The van der Waals surface area contributed by atoms with Crippen molar-refractivity contribution in [3.05, 3.63) is 130 Å². The van der Waals surface area contributed by atoms with Gasteiger partial charge in [-0.1, -0.05) is 36.4 Å². The fourth-order valence-corrected chi connectivity index (χ4v) is 12.4. The van der Waals surface area contributed by atoms with Crippen LogP contribution in [0.3, 0.4) is 0 Å². The number of rotatable bonds is 6. The van der Waals surface area contributed by atoms with Crippen molar-refractivity contribution in [1.29, 1.82) is 0 Å². The number of likely N-dealkylation sites (N-methyl/N-ethyl adjacent to an activating group) is 2. The van der Waals surface area contributed by atoms with Gasteiger partial charge in [-0.25, -0.2) is 9.59 Å². The Kier molecular flexibility index (Phi) is 7.54. The van der Waals surface area contributed by atoms with Crippen LogP contribution in [0, 0.1) is 11.8 Å². The summed E-state index contributed by atoms with van der Waals surface area (Å²) in [5.41, 5.74) is 4.56. The molecule has 2 saturated heterocycles. The average Bonchev–Trinajstić information content (AvgIpc) is 3.79. The fraction of sp³-hybridized carbons (Fsp3) is 0.375. The molecule has 12 rings (SSSR count). The van der Waals surface area contributed by atoms with Crippen LogP contribution in [0.2, 0.25) is 0 Å². The van der Waals surface area contributed by atoms with Crippen LogP contribution in [0.1, 0.15) is 55.8 Å². The zero-order valence-corrected chi connectivity index (χ0v) is 32.7. The first-order valence-electron chi connectivity index (χ1n) is 20.8. The topological polar surface area (TPSA) is 127 Å². The highest BCUT2D eigenvalue weighted by Gasteiger charge is 2.66. The molecule has 2 fully saturated rings. The van der Waals surface area contributed by atoms with Crippen LogP contribution >= 0.6 is 0 Å². The second-order valence-electron chi connectivity index (χ2n) is 17.7. The molecule has 4 aliphatic heterocycles. The first-order valence-corrected chi connectivity index (χ1v) is 20.8. The first-order chi connectivity index (χ1) is 28.6. The summed E-state index contributed by atoms with van der Waals surface area (Å²) in [5, 5.41) is 22.1. The molecule has 0 saturated carbocycles. The van der Waals surface area contributed by atoms with Crippen molar-refractivity contribution in [3.63, 3.8) is 0 Å².